The molecule has 11 nitrogen and oxygen atoms in total. The average Bonchev–Trinajstić information content (AvgIpc) is 3.42. The van der Waals surface area contributed by atoms with Crippen molar-refractivity contribution in [1.82, 2.24) is 24.1 Å². The lowest BCUT2D eigenvalue weighted by Gasteiger charge is -2.43. The van der Waals surface area contributed by atoms with E-state index in [1.54, 1.807) is 25.7 Å². The Bertz CT molecular complexity index is 1650. The largest absolute Gasteiger partial charge is 0.444 e. The third-order valence-electron chi connectivity index (χ3n) is 7.18. The van der Waals surface area contributed by atoms with Gasteiger partial charge in [-0.25, -0.2) is 4.79 Å². The number of amides is 2. The van der Waals surface area contributed by atoms with Crippen molar-refractivity contribution in [2.24, 2.45) is 0 Å². The van der Waals surface area contributed by atoms with Gasteiger partial charge in [-0.3, -0.25) is 9.59 Å². The Labute approximate surface area is 251 Å². The summed E-state index contributed by atoms with van der Waals surface area (Å²) in [4.78, 5) is 45.5. The minimum atomic E-state index is -4.59. The number of halogens is 5. The van der Waals surface area contributed by atoms with Gasteiger partial charge in [-0.05, 0) is 68.2 Å². The highest BCUT2D eigenvalue weighted by Crippen LogP contribution is 2.45. The molecule has 1 aromatic carbocycles. The van der Waals surface area contributed by atoms with E-state index in [0.717, 1.165) is 22.7 Å². The second-order valence-electron chi connectivity index (χ2n) is 11.3. The van der Waals surface area contributed by atoms with Gasteiger partial charge in [-0.2, -0.15) is 22.7 Å². The molecule has 16 heteroatoms. The van der Waals surface area contributed by atoms with E-state index in [4.69, 9.17) is 21.1 Å². The minimum Gasteiger partial charge on any atom is -0.444 e. The first-order valence-corrected chi connectivity index (χ1v) is 14.1. The quantitative estimate of drug-likeness (QED) is 0.410. The maximum Gasteiger partial charge on any atom is 0.416 e. The third-order valence-corrected chi connectivity index (χ3v) is 7.83. The summed E-state index contributed by atoms with van der Waals surface area (Å²) in [6, 6.07) is 2.27. The van der Waals surface area contributed by atoms with Gasteiger partial charge in [-0.15, -0.1) is 5.10 Å². The summed E-state index contributed by atoms with van der Waals surface area (Å²) in [5.74, 6) is -0.559. The van der Waals surface area contributed by atoms with Crippen molar-refractivity contribution in [3.63, 3.8) is 0 Å². The number of hydrogen-bond acceptors (Lipinski definition) is 7. The van der Waals surface area contributed by atoms with Gasteiger partial charge in [0.25, 0.3) is 5.56 Å². The predicted octanol–water partition coefficient (Wildman–Crippen LogP) is 5.11. The molecule has 3 aromatic rings. The van der Waals surface area contributed by atoms with Crippen LogP contribution in [-0.2, 0) is 39.2 Å². The Morgan fingerprint density at radius 1 is 1.29 bits per heavy atom. The summed E-state index contributed by atoms with van der Waals surface area (Å²) >= 11 is 9.21. The van der Waals surface area contributed by atoms with Crippen molar-refractivity contribution in [1.29, 1.82) is 0 Å². The third kappa shape index (κ3) is 5.61. The monoisotopic (exact) mass is 674 g/mol. The number of carbonyl (C=O) groups is 2. The summed E-state index contributed by atoms with van der Waals surface area (Å²) in [7, 11) is 0. The van der Waals surface area contributed by atoms with Crippen LogP contribution in [0.5, 0.6) is 0 Å². The van der Waals surface area contributed by atoms with E-state index in [2.05, 4.69) is 31.3 Å². The molecule has 0 saturated carbocycles. The Morgan fingerprint density at radius 2 is 2.00 bits per heavy atom. The second-order valence-corrected chi connectivity index (χ2v) is 12.4. The number of anilines is 1. The topological polar surface area (TPSA) is 120 Å². The van der Waals surface area contributed by atoms with Gasteiger partial charge in [0, 0.05) is 19.0 Å². The van der Waals surface area contributed by atoms with E-state index >= 15 is 0 Å². The SMILES string of the molecule is C[C@H]1C[C@]2(CCN1C(=O)OC(C)(C)C)OCc1c2c(=O)n2nc(Br)nc2n1CC(=O)Nc1ccc(C(F)(F)F)cc1Cl. The molecule has 2 atom stereocenters. The fourth-order valence-corrected chi connectivity index (χ4v) is 5.96. The number of carbonyl (C=O) groups excluding carboxylic acids is 2. The van der Waals surface area contributed by atoms with Gasteiger partial charge in [0.2, 0.25) is 16.4 Å². The molecule has 1 saturated heterocycles. The molecule has 4 heterocycles. The summed E-state index contributed by atoms with van der Waals surface area (Å²) in [5, 5.41) is 6.40. The highest BCUT2D eigenvalue weighted by atomic mass is 79.9. The van der Waals surface area contributed by atoms with E-state index < -0.39 is 40.5 Å². The highest BCUT2D eigenvalue weighted by Gasteiger charge is 2.50. The summed E-state index contributed by atoms with van der Waals surface area (Å²) in [6.45, 7) is 7.07. The number of likely N-dealkylation sites (tertiary alicyclic amines) is 1. The summed E-state index contributed by atoms with van der Waals surface area (Å²) in [5.41, 5.74) is -2.42. The number of nitrogens with zero attached hydrogens (tertiary/aromatic N) is 5. The van der Waals surface area contributed by atoms with Crippen molar-refractivity contribution < 1.29 is 32.2 Å². The lowest BCUT2D eigenvalue weighted by Crippen LogP contribution is -2.52. The van der Waals surface area contributed by atoms with E-state index in [1.807, 2.05) is 6.92 Å². The van der Waals surface area contributed by atoms with Gasteiger partial charge in [0.05, 0.1) is 34.1 Å². The molecule has 0 bridgehead atoms. The Balaban J connectivity index is 1.47. The van der Waals surface area contributed by atoms with Crippen LogP contribution in [0.2, 0.25) is 5.02 Å². The lowest BCUT2D eigenvalue weighted by atomic mass is 9.82. The van der Waals surface area contributed by atoms with Crippen molar-refractivity contribution >= 4 is 51.0 Å². The zero-order chi connectivity index (χ0) is 30.8. The molecule has 2 aliphatic rings. The number of aromatic nitrogens is 4. The number of rotatable bonds is 3. The standard InChI is InChI=1S/C26H27BrClF3N6O5/c1-13-10-25(7-8-35(13)23(40)42-24(2,3)4)19-17(12-41-25)36(22-33-21(27)34-37(22)20(19)39)11-18(38)32-16-6-5-14(9-15(16)28)26(29,30)31/h5-6,9,13H,7-8,10-12H2,1-4H3,(H,32,38)/t13-,25-/m0/s1. The van der Waals surface area contributed by atoms with Gasteiger partial charge in [0.1, 0.15) is 17.7 Å². The van der Waals surface area contributed by atoms with Crippen molar-refractivity contribution in [3.8, 4) is 0 Å². The highest BCUT2D eigenvalue weighted by molar-refractivity contribution is 9.10. The molecule has 0 unspecified atom stereocenters. The lowest BCUT2D eigenvalue weighted by molar-refractivity contribution is -0.137. The first kappa shape index (κ1) is 30.3. The minimum absolute atomic E-state index is 0.0120. The fourth-order valence-electron chi connectivity index (χ4n) is 5.42. The Morgan fingerprint density at radius 3 is 2.62 bits per heavy atom. The zero-order valence-corrected chi connectivity index (χ0v) is 25.4. The molecule has 2 aromatic heterocycles. The van der Waals surface area contributed by atoms with E-state index in [1.165, 1.54) is 4.57 Å². The fraction of sp³-hybridized carbons (Fsp3) is 0.500. The van der Waals surface area contributed by atoms with Crippen LogP contribution in [0.3, 0.4) is 0 Å². The van der Waals surface area contributed by atoms with Crippen LogP contribution in [0.25, 0.3) is 5.78 Å². The molecule has 226 valence electrons. The molecule has 1 fully saturated rings. The molecule has 1 N–H and O–H groups in total. The van der Waals surface area contributed by atoms with Crippen molar-refractivity contribution in [3.05, 3.63) is 55.1 Å². The number of fused-ring (bicyclic) bond motifs is 3. The number of nitrogens with one attached hydrogen (secondary N) is 1. The zero-order valence-electron chi connectivity index (χ0n) is 23.0. The van der Waals surface area contributed by atoms with E-state index in [0.29, 0.717) is 24.1 Å². The van der Waals surface area contributed by atoms with E-state index in [9.17, 15) is 27.6 Å². The number of alkyl halides is 3. The first-order chi connectivity index (χ1) is 19.5. The Kier molecular flexibility index (Phi) is 7.59. The number of piperidine rings is 1. The molecule has 2 amide bonds. The molecule has 42 heavy (non-hydrogen) atoms. The molecule has 0 aliphatic carbocycles. The van der Waals surface area contributed by atoms with Crippen molar-refractivity contribution in [2.75, 3.05) is 11.9 Å². The number of hydrogen-bond donors (Lipinski definition) is 1. The van der Waals surface area contributed by atoms with Crippen molar-refractivity contribution in [2.45, 2.75) is 77.1 Å². The van der Waals surface area contributed by atoms with Crippen LogP contribution in [-0.4, -0.2) is 54.3 Å². The van der Waals surface area contributed by atoms with Gasteiger partial charge >= 0.3 is 12.3 Å². The van der Waals surface area contributed by atoms with Gasteiger partial charge in [-0.1, -0.05) is 11.6 Å². The maximum atomic E-state index is 13.7. The van der Waals surface area contributed by atoms with Crippen LogP contribution in [0.1, 0.15) is 57.4 Å². The average molecular weight is 676 g/mol. The van der Waals surface area contributed by atoms with Gasteiger partial charge < -0.3 is 24.3 Å². The Hall–Kier alpha value is -3.17. The summed E-state index contributed by atoms with van der Waals surface area (Å²) in [6.07, 6.45) is -4.46. The molecular formula is C26H27BrClF3N6O5. The maximum absolute atomic E-state index is 13.7. The van der Waals surface area contributed by atoms with Gasteiger partial charge in [0.15, 0.2) is 0 Å². The second kappa shape index (κ2) is 10.5. The molecule has 0 radical (unpaired) electrons. The molecule has 1 spiro atoms. The molecule has 2 aliphatic heterocycles. The van der Waals surface area contributed by atoms with E-state index in [-0.39, 0.29) is 47.0 Å². The van der Waals surface area contributed by atoms with Crippen LogP contribution in [0.4, 0.5) is 23.7 Å². The summed E-state index contributed by atoms with van der Waals surface area (Å²) < 4.78 is 53.6. The molecule has 5 rings (SSSR count). The number of benzene rings is 1. The first-order valence-electron chi connectivity index (χ1n) is 13.0. The van der Waals surface area contributed by atoms with Crippen LogP contribution in [0, 0.1) is 0 Å². The van der Waals surface area contributed by atoms with Crippen LogP contribution < -0.4 is 10.9 Å². The smallest absolute Gasteiger partial charge is 0.416 e. The van der Waals surface area contributed by atoms with Crippen LogP contribution >= 0.6 is 27.5 Å². The van der Waals surface area contributed by atoms with Crippen LogP contribution in [0.15, 0.2) is 27.7 Å². The predicted molar refractivity (Wildman–Crippen MR) is 148 cm³/mol. The number of ether oxygens (including phenoxy) is 2. The molecular weight excluding hydrogens is 649 g/mol. The normalized spacial score (nSPS) is 20.7.